The Labute approximate surface area is 182 Å². The minimum absolute atomic E-state index is 0.161. The number of hydrogen-bond donors (Lipinski definition) is 0. The highest BCUT2D eigenvalue weighted by Gasteiger charge is 2.37. The van der Waals surface area contributed by atoms with Crippen LogP contribution in [0.5, 0.6) is 0 Å². The van der Waals surface area contributed by atoms with Gasteiger partial charge in [-0.15, -0.1) is 0 Å². The molecule has 0 amide bonds. The quantitative estimate of drug-likeness (QED) is 0.204. The van der Waals surface area contributed by atoms with Gasteiger partial charge in [-0.2, -0.15) is 0 Å². The van der Waals surface area contributed by atoms with Crippen molar-refractivity contribution in [1.82, 2.24) is 0 Å². The Balaban J connectivity index is 3.04. The van der Waals surface area contributed by atoms with Gasteiger partial charge in [0.2, 0.25) is 12.4 Å². The first kappa shape index (κ1) is 25.6. The molecule has 0 aliphatic carbocycles. The van der Waals surface area contributed by atoms with Crippen molar-refractivity contribution in [1.29, 1.82) is 0 Å². The monoisotopic (exact) mass is 432 g/mol. The number of esters is 3. The van der Waals surface area contributed by atoms with Gasteiger partial charge in [-0.05, 0) is 20.8 Å². The van der Waals surface area contributed by atoms with Crippen molar-refractivity contribution in [2.45, 2.75) is 27.2 Å². The Morgan fingerprint density at radius 1 is 0.742 bits per heavy atom. The molecule has 31 heavy (non-hydrogen) atoms. The van der Waals surface area contributed by atoms with Crippen molar-refractivity contribution >= 4 is 17.9 Å². The predicted molar refractivity (Wildman–Crippen MR) is 112 cm³/mol. The van der Waals surface area contributed by atoms with Crippen molar-refractivity contribution in [3.8, 4) is 0 Å². The molecule has 0 atom stereocenters. The van der Waals surface area contributed by atoms with E-state index in [0.717, 1.165) is 0 Å². The molecule has 0 bridgehead atoms. The third kappa shape index (κ3) is 9.29. The summed E-state index contributed by atoms with van der Waals surface area (Å²) in [6, 6.07) is 5.44. The van der Waals surface area contributed by atoms with Crippen LogP contribution >= 0.6 is 0 Å². The lowest BCUT2D eigenvalue weighted by molar-refractivity contribution is -0.891. The summed E-state index contributed by atoms with van der Waals surface area (Å²) in [5.41, 5.74) is -0.426. The van der Waals surface area contributed by atoms with E-state index in [-0.39, 0.29) is 49.6 Å². The number of aromatic nitrogens is 1. The molecule has 0 fully saturated rings. The van der Waals surface area contributed by atoms with Crippen molar-refractivity contribution in [2.75, 3.05) is 26.4 Å². The van der Waals surface area contributed by atoms with E-state index in [1.807, 2.05) is 6.07 Å². The van der Waals surface area contributed by atoms with Gasteiger partial charge < -0.3 is 14.2 Å². The maximum absolute atomic E-state index is 12.0. The molecule has 0 saturated heterocycles. The van der Waals surface area contributed by atoms with E-state index in [9.17, 15) is 14.4 Å². The fraction of sp³-hybridized carbons (Fsp3) is 0.391. The lowest BCUT2D eigenvalue weighted by Crippen LogP contribution is -2.46. The zero-order chi connectivity index (χ0) is 23.4. The SMILES string of the molecule is C=C(C)C(=O)OCC(CCO[n+]1ccccc1)(COC(=O)C(=C)C)COC(=O)C(=C)C. The average molecular weight is 432 g/mol. The van der Waals surface area contributed by atoms with Crippen LogP contribution in [0, 0.1) is 5.41 Å². The van der Waals surface area contributed by atoms with E-state index in [1.54, 1.807) is 24.5 Å². The highest BCUT2D eigenvalue weighted by atomic mass is 16.7. The third-order valence-electron chi connectivity index (χ3n) is 4.13. The minimum Gasteiger partial charge on any atom is -0.461 e. The summed E-state index contributed by atoms with van der Waals surface area (Å²) in [6.45, 7) is 14.8. The largest absolute Gasteiger partial charge is 0.461 e. The highest BCUT2D eigenvalue weighted by molar-refractivity contribution is 5.88. The first-order valence-electron chi connectivity index (χ1n) is 9.64. The minimum atomic E-state index is -1.06. The van der Waals surface area contributed by atoms with Gasteiger partial charge >= 0.3 is 17.9 Å². The molecule has 0 radical (unpaired) electrons. The number of hydrogen-bond acceptors (Lipinski definition) is 7. The molecule has 0 aliphatic heterocycles. The van der Waals surface area contributed by atoms with Gasteiger partial charge in [-0.3, -0.25) is 4.84 Å². The molecule has 8 heteroatoms. The Morgan fingerprint density at radius 3 is 1.48 bits per heavy atom. The van der Waals surface area contributed by atoms with Crippen LogP contribution in [-0.4, -0.2) is 44.3 Å². The fourth-order valence-corrected chi connectivity index (χ4v) is 2.20. The number of nitrogens with zero attached hydrogens (tertiary/aromatic N) is 1. The molecule has 1 aromatic heterocycles. The van der Waals surface area contributed by atoms with Crippen LogP contribution in [0.2, 0.25) is 0 Å². The molecule has 0 aliphatic rings. The highest BCUT2D eigenvalue weighted by Crippen LogP contribution is 2.25. The van der Waals surface area contributed by atoms with E-state index in [4.69, 9.17) is 19.0 Å². The number of rotatable bonds is 13. The zero-order valence-electron chi connectivity index (χ0n) is 18.3. The Bertz CT molecular complexity index is 756. The predicted octanol–water partition coefficient (Wildman–Crippen LogP) is 2.14. The van der Waals surface area contributed by atoms with Crippen LogP contribution in [0.1, 0.15) is 27.2 Å². The average Bonchev–Trinajstić information content (AvgIpc) is 2.74. The van der Waals surface area contributed by atoms with E-state index in [2.05, 4.69) is 19.7 Å². The van der Waals surface area contributed by atoms with Crippen LogP contribution < -0.4 is 9.57 Å². The first-order chi connectivity index (χ1) is 14.6. The summed E-state index contributed by atoms with van der Waals surface area (Å²) in [4.78, 5) is 41.6. The summed E-state index contributed by atoms with van der Waals surface area (Å²) in [7, 11) is 0. The van der Waals surface area contributed by atoms with Gasteiger partial charge in [0, 0.05) is 40.0 Å². The van der Waals surface area contributed by atoms with E-state index >= 15 is 0 Å². The normalized spacial score (nSPS) is 10.5. The molecule has 0 saturated carbocycles. The topological polar surface area (TPSA) is 92.0 Å². The molecule has 0 N–H and O–H groups in total. The Kier molecular flexibility index (Phi) is 10.2. The van der Waals surface area contributed by atoms with Gasteiger partial charge in [0.1, 0.15) is 19.8 Å². The summed E-state index contributed by atoms with van der Waals surface area (Å²) < 4.78 is 17.5. The van der Waals surface area contributed by atoms with E-state index in [0.29, 0.717) is 0 Å². The lowest BCUT2D eigenvalue weighted by Gasteiger charge is -2.31. The first-order valence-corrected chi connectivity index (χ1v) is 9.64. The van der Waals surface area contributed by atoms with Gasteiger partial charge in [-0.1, -0.05) is 25.8 Å². The van der Waals surface area contributed by atoms with Crippen LogP contribution in [0.25, 0.3) is 0 Å². The standard InChI is InChI=1S/C23H30NO7/c1-17(2)20(25)28-14-23(15-29-21(26)18(3)4,16-30-22(27)19(5)6)10-13-31-24-11-8-7-9-12-24/h7-9,11-12H,1,3,5,10,13-16H2,2,4,6H3/q+1. The van der Waals surface area contributed by atoms with Gasteiger partial charge in [0.25, 0.3) is 0 Å². The van der Waals surface area contributed by atoms with Gasteiger partial charge in [0.15, 0.2) is 6.61 Å². The van der Waals surface area contributed by atoms with Crippen LogP contribution in [0.4, 0.5) is 0 Å². The smallest absolute Gasteiger partial charge is 0.333 e. The number of ether oxygens (including phenoxy) is 3. The zero-order valence-corrected chi connectivity index (χ0v) is 18.3. The second kappa shape index (κ2) is 12.3. The summed E-state index contributed by atoms with van der Waals surface area (Å²) in [5.74, 6) is -1.83. The summed E-state index contributed by atoms with van der Waals surface area (Å²) in [5, 5.41) is 0. The molecule has 1 aromatic rings. The van der Waals surface area contributed by atoms with E-state index < -0.39 is 23.3 Å². The van der Waals surface area contributed by atoms with Crippen molar-refractivity contribution in [3.63, 3.8) is 0 Å². The maximum Gasteiger partial charge on any atom is 0.333 e. The van der Waals surface area contributed by atoms with Gasteiger partial charge in [-0.25, -0.2) is 14.4 Å². The second-order valence-electron chi connectivity index (χ2n) is 7.39. The summed E-state index contributed by atoms with van der Waals surface area (Å²) in [6.07, 6.45) is 3.67. The second-order valence-corrected chi connectivity index (χ2v) is 7.39. The number of pyridine rings is 1. The van der Waals surface area contributed by atoms with Crippen molar-refractivity contribution in [2.24, 2.45) is 5.41 Å². The number of carbonyl (C=O) groups excluding carboxylic acids is 3. The van der Waals surface area contributed by atoms with Crippen molar-refractivity contribution in [3.05, 3.63) is 67.0 Å². The molecule has 168 valence electrons. The Morgan fingerprint density at radius 2 is 1.13 bits per heavy atom. The number of carbonyl (C=O) groups is 3. The van der Waals surface area contributed by atoms with Gasteiger partial charge in [0.05, 0.1) is 5.41 Å². The molecule has 0 unspecified atom stereocenters. The molecular weight excluding hydrogens is 402 g/mol. The Hall–Kier alpha value is -3.42. The lowest BCUT2D eigenvalue weighted by atomic mass is 9.87. The molecule has 1 heterocycles. The molecule has 0 aromatic carbocycles. The van der Waals surface area contributed by atoms with Crippen molar-refractivity contribution < 1.29 is 38.2 Å². The van der Waals surface area contributed by atoms with Crippen LogP contribution in [0.3, 0.4) is 0 Å². The van der Waals surface area contributed by atoms with Crippen LogP contribution in [0.15, 0.2) is 67.0 Å². The molecular formula is C23H30NO7+. The fourth-order valence-electron chi connectivity index (χ4n) is 2.20. The van der Waals surface area contributed by atoms with E-state index in [1.165, 1.54) is 25.5 Å². The summed E-state index contributed by atoms with van der Waals surface area (Å²) >= 11 is 0. The molecule has 1 rings (SSSR count). The van der Waals surface area contributed by atoms with Crippen LogP contribution in [-0.2, 0) is 28.6 Å². The maximum atomic E-state index is 12.0. The molecule has 8 nitrogen and oxygen atoms in total. The molecule has 0 spiro atoms. The third-order valence-corrected chi connectivity index (χ3v) is 4.13.